The van der Waals surface area contributed by atoms with Crippen molar-refractivity contribution in [1.29, 1.82) is 0 Å². The summed E-state index contributed by atoms with van der Waals surface area (Å²) in [6, 6.07) is 14.2. The molecule has 0 unspecified atom stereocenters. The summed E-state index contributed by atoms with van der Waals surface area (Å²) in [5.74, 6) is 0.872. The third-order valence-electron chi connectivity index (χ3n) is 3.97. The number of rotatable bonds is 3. The topological polar surface area (TPSA) is 27.1 Å². The Balaban J connectivity index is 1.89. The van der Waals surface area contributed by atoms with Crippen LogP contribution in [-0.2, 0) is 6.54 Å². The number of hydrogen-bond donors (Lipinski definition) is 0. The fourth-order valence-corrected chi connectivity index (χ4v) is 4.00. The highest BCUT2D eigenvalue weighted by atomic mass is 35.5. The number of hydrogen-bond acceptors (Lipinski definition) is 3. The zero-order valence-corrected chi connectivity index (χ0v) is 14.4. The summed E-state index contributed by atoms with van der Waals surface area (Å²) < 4.78 is 7.54. The molecule has 23 heavy (non-hydrogen) atoms. The van der Waals surface area contributed by atoms with Gasteiger partial charge in [0, 0.05) is 17.0 Å². The highest BCUT2D eigenvalue weighted by molar-refractivity contribution is 7.18. The standard InChI is InChI=1S/C18H15ClN2OS/c1-11-20-17-15-9-13(19)5-8-16(15)21(18(17)23-11)10-12-3-6-14(22-2)7-4-12/h3-9H,10H2,1-2H3. The first-order valence-electron chi connectivity index (χ1n) is 7.33. The van der Waals surface area contributed by atoms with Gasteiger partial charge >= 0.3 is 0 Å². The molecule has 0 saturated heterocycles. The third-order valence-corrected chi connectivity index (χ3v) is 5.19. The summed E-state index contributed by atoms with van der Waals surface area (Å²) in [5, 5.41) is 2.93. The molecule has 0 aliphatic heterocycles. The molecule has 116 valence electrons. The van der Waals surface area contributed by atoms with Gasteiger partial charge in [-0.2, -0.15) is 0 Å². The summed E-state index contributed by atoms with van der Waals surface area (Å²) in [7, 11) is 1.68. The molecular weight excluding hydrogens is 328 g/mol. The van der Waals surface area contributed by atoms with E-state index in [9.17, 15) is 0 Å². The Labute approximate surface area is 143 Å². The lowest BCUT2D eigenvalue weighted by Crippen LogP contribution is -1.98. The molecule has 2 aromatic heterocycles. The highest BCUT2D eigenvalue weighted by Gasteiger charge is 2.15. The largest absolute Gasteiger partial charge is 0.497 e. The molecule has 0 aliphatic rings. The lowest BCUT2D eigenvalue weighted by atomic mass is 10.2. The molecule has 0 bridgehead atoms. The van der Waals surface area contributed by atoms with Crippen molar-refractivity contribution >= 4 is 44.2 Å². The molecule has 2 heterocycles. The van der Waals surface area contributed by atoms with Crippen molar-refractivity contribution in [2.45, 2.75) is 13.5 Å². The highest BCUT2D eigenvalue weighted by Crippen LogP contribution is 2.34. The van der Waals surface area contributed by atoms with Gasteiger partial charge in [-0.05, 0) is 42.8 Å². The number of benzene rings is 2. The molecule has 0 amide bonds. The molecule has 0 spiro atoms. The molecule has 2 aromatic carbocycles. The van der Waals surface area contributed by atoms with Gasteiger partial charge in [0.2, 0.25) is 0 Å². The van der Waals surface area contributed by atoms with Crippen LogP contribution in [-0.4, -0.2) is 16.7 Å². The van der Waals surface area contributed by atoms with E-state index in [4.69, 9.17) is 21.3 Å². The number of methoxy groups -OCH3 is 1. The number of halogens is 1. The molecule has 0 fully saturated rings. The fraction of sp³-hybridized carbons (Fsp3) is 0.167. The third kappa shape index (κ3) is 2.48. The van der Waals surface area contributed by atoms with Crippen molar-refractivity contribution in [3.05, 3.63) is 58.1 Å². The van der Waals surface area contributed by atoms with Crippen LogP contribution >= 0.6 is 22.9 Å². The van der Waals surface area contributed by atoms with Crippen molar-refractivity contribution in [3.8, 4) is 5.75 Å². The first kappa shape index (κ1) is 14.5. The lowest BCUT2D eigenvalue weighted by molar-refractivity contribution is 0.414. The van der Waals surface area contributed by atoms with Crippen LogP contribution in [0.5, 0.6) is 5.75 Å². The van der Waals surface area contributed by atoms with E-state index in [1.807, 2.05) is 31.2 Å². The second kappa shape index (κ2) is 5.55. The molecule has 0 saturated carbocycles. The van der Waals surface area contributed by atoms with E-state index in [-0.39, 0.29) is 0 Å². The average molecular weight is 343 g/mol. The molecule has 0 atom stereocenters. The van der Waals surface area contributed by atoms with Crippen LogP contribution in [0.4, 0.5) is 0 Å². The molecule has 3 nitrogen and oxygen atoms in total. The smallest absolute Gasteiger partial charge is 0.124 e. The van der Waals surface area contributed by atoms with E-state index >= 15 is 0 Å². The van der Waals surface area contributed by atoms with Gasteiger partial charge in [-0.15, -0.1) is 11.3 Å². The van der Waals surface area contributed by atoms with Gasteiger partial charge in [-0.1, -0.05) is 23.7 Å². The van der Waals surface area contributed by atoms with Crippen LogP contribution in [0.15, 0.2) is 42.5 Å². The number of aromatic nitrogens is 2. The van der Waals surface area contributed by atoms with Crippen LogP contribution in [0.3, 0.4) is 0 Å². The van der Waals surface area contributed by atoms with Crippen LogP contribution in [0, 0.1) is 6.92 Å². The van der Waals surface area contributed by atoms with Gasteiger partial charge in [0.25, 0.3) is 0 Å². The van der Waals surface area contributed by atoms with E-state index in [0.29, 0.717) is 0 Å². The quantitative estimate of drug-likeness (QED) is 0.507. The van der Waals surface area contributed by atoms with Gasteiger partial charge in [0.15, 0.2) is 0 Å². The second-order valence-electron chi connectivity index (χ2n) is 5.48. The molecule has 0 radical (unpaired) electrons. The minimum absolute atomic E-state index is 0.742. The zero-order chi connectivity index (χ0) is 16.0. The molecule has 4 rings (SSSR count). The predicted molar refractivity (Wildman–Crippen MR) is 97.0 cm³/mol. The van der Waals surface area contributed by atoms with E-state index in [2.05, 4.69) is 22.8 Å². The maximum atomic E-state index is 6.18. The maximum absolute atomic E-state index is 6.18. The van der Waals surface area contributed by atoms with Crippen LogP contribution in [0.1, 0.15) is 10.6 Å². The Kier molecular flexibility index (Phi) is 3.51. The zero-order valence-electron chi connectivity index (χ0n) is 12.8. The maximum Gasteiger partial charge on any atom is 0.124 e. The second-order valence-corrected chi connectivity index (χ2v) is 7.10. The van der Waals surface area contributed by atoms with Crippen molar-refractivity contribution < 1.29 is 4.74 Å². The number of ether oxygens (including phenoxy) is 1. The van der Waals surface area contributed by atoms with Crippen molar-refractivity contribution in [3.63, 3.8) is 0 Å². The first-order valence-corrected chi connectivity index (χ1v) is 8.53. The molecule has 5 heteroatoms. The van der Waals surface area contributed by atoms with Gasteiger partial charge in [-0.3, -0.25) is 0 Å². The van der Waals surface area contributed by atoms with Crippen LogP contribution in [0.2, 0.25) is 5.02 Å². The van der Waals surface area contributed by atoms with Crippen LogP contribution < -0.4 is 4.74 Å². The monoisotopic (exact) mass is 342 g/mol. The van der Waals surface area contributed by atoms with Crippen molar-refractivity contribution in [2.75, 3.05) is 7.11 Å². The molecule has 0 aliphatic carbocycles. The van der Waals surface area contributed by atoms with Crippen molar-refractivity contribution in [1.82, 2.24) is 9.55 Å². The Bertz CT molecular complexity index is 1000. The number of aryl methyl sites for hydroxylation is 1. The average Bonchev–Trinajstić information content (AvgIpc) is 3.05. The number of nitrogens with zero attached hydrogens (tertiary/aromatic N) is 2. The molecule has 4 aromatic rings. The number of fused-ring (bicyclic) bond motifs is 3. The predicted octanol–water partition coefficient (Wildman–Crippen LogP) is 5.27. The van der Waals surface area contributed by atoms with Crippen LogP contribution in [0.25, 0.3) is 21.3 Å². The molecule has 0 N–H and O–H groups in total. The summed E-state index contributed by atoms with van der Waals surface area (Å²) in [6.45, 7) is 2.84. The Morgan fingerprint density at radius 2 is 1.96 bits per heavy atom. The van der Waals surface area contributed by atoms with E-state index < -0.39 is 0 Å². The normalized spacial score (nSPS) is 11.4. The SMILES string of the molecule is COc1ccc(Cn2c3ccc(Cl)cc3c3nc(C)sc32)cc1. The summed E-state index contributed by atoms with van der Waals surface area (Å²) in [4.78, 5) is 5.88. The minimum Gasteiger partial charge on any atom is -0.497 e. The first-order chi connectivity index (χ1) is 11.2. The minimum atomic E-state index is 0.742. The summed E-state index contributed by atoms with van der Waals surface area (Å²) in [5.41, 5.74) is 3.43. The van der Waals surface area contributed by atoms with Gasteiger partial charge in [0.05, 0.1) is 17.6 Å². The summed E-state index contributed by atoms with van der Waals surface area (Å²) in [6.07, 6.45) is 0. The summed E-state index contributed by atoms with van der Waals surface area (Å²) >= 11 is 7.90. The Morgan fingerprint density at radius 3 is 2.70 bits per heavy atom. The fourth-order valence-electron chi connectivity index (χ4n) is 2.89. The van der Waals surface area contributed by atoms with E-state index in [1.165, 1.54) is 15.9 Å². The van der Waals surface area contributed by atoms with E-state index in [0.717, 1.165) is 33.2 Å². The van der Waals surface area contributed by atoms with Gasteiger partial charge in [0.1, 0.15) is 16.1 Å². The Hall–Kier alpha value is -2.04. The Morgan fingerprint density at radius 1 is 1.17 bits per heavy atom. The lowest BCUT2D eigenvalue weighted by Gasteiger charge is -2.08. The van der Waals surface area contributed by atoms with E-state index in [1.54, 1.807) is 18.4 Å². The van der Waals surface area contributed by atoms with Gasteiger partial charge in [-0.25, -0.2) is 4.98 Å². The molecular formula is C18H15ClN2OS. The number of thiazole rings is 1. The van der Waals surface area contributed by atoms with Gasteiger partial charge < -0.3 is 9.30 Å². The van der Waals surface area contributed by atoms with Crippen molar-refractivity contribution in [2.24, 2.45) is 0 Å².